The van der Waals surface area contributed by atoms with Crippen LogP contribution in [-0.4, -0.2) is 40.1 Å². The molecule has 0 spiro atoms. The van der Waals surface area contributed by atoms with Crippen LogP contribution in [0.1, 0.15) is 29.4 Å². The Morgan fingerprint density at radius 2 is 2.44 bits per heavy atom. The number of nitriles is 1. The largest absolute Gasteiger partial charge is 0.394 e. The van der Waals surface area contributed by atoms with Crippen molar-refractivity contribution < 1.29 is 9.90 Å². The molecule has 0 radical (unpaired) electrons. The van der Waals surface area contributed by atoms with E-state index >= 15 is 0 Å². The van der Waals surface area contributed by atoms with Crippen molar-refractivity contribution in [3.05, 3.63) is 29.6 Å². The SMILES string of the molecule is CC1CCN(C(=O)c2ccc(C#N)cn2)C1CO. The van der Waals surface area contributed by atoms with Gasteiger partial charge in [0.15, 0.2) is 0 Å². The van der Waals surface area contributed by atoms with Crippen molar-refractivity contribution in [1.82, 2.24) is 9.88 Å². The van der Waals surface area contributed by atoms with E-state index in [-0.39, 0.29) is 18.6 Å². The van der Waals surface area contributed by atoms with E-state index in [0.717, 1.165) is 6.42 Å². The highest BCUT2D eigenvalue weighted by Gasteiger charge is 2.34. The molecule has 1 aliphatic rings. The fraction of sp³-hybridized carbons (Fsp3) is 0.462. The van der Waals surface area contributed by atoms with Gasteiger partial charge in [-0.1, -0.05) is 6.92 Å². The number of aliphatic hydroxyl groups is 1. The van der Waals surface area contributed by atoms with Crippen LogP contribution in [0.3, 0.4) is 0 Å². The number of amides is 1. The standard InChI is InChI=1S/C13H15N3O2/c1-9-4-5-16(12(9)8-17)13(18)11-3-2-10(6-14)7-15-11/h2-3,7,9,12,17H,4-5,8H2,1H3. The molecule has 1 amide bonds. The number of nitrogens with zero attached hydrogens (tertiary/aromatic N) is 3. The third-order valence-corrected chi connectivity index (χ3v) is 3.44. The van der Waals surface area contributed by atoms with Crippen molar-refractivity contribution in [2.75, 3.05) is 13.2 Å². The van der Waals surface area contributed by atoms with E-state index in [4.69, 9.17) is 5.26 Å². The number of aliphatic hydroxyl groups excluding tert-OH is 1. The minimum Gasteiger partial charge on any atom is -0.394 e. The lowest BCUT2D eigenvalue weighted by Crippen LogP contribution is -2.40. The summed E-state index contributed by atoms with van der Waals surface area (Å²) < 4.78 is 0. The lowest BCUT2D eigenvalue weighted by molar-refractivity contribution is 0.0642. The van der Waals surface area contributed by atoms with Crippen LogP contribution in [-0.2, 0) is 0 Å². The molecule has 2 rings (SSSR count). The van der Waals surface area contributed by atoms with Crippen LogP contribution in [0.15, 0.2) is 18.3 Å². The monoisotopic (exact) mass is 245 g/mol. The van der Waals surface area contributed by atoms with Crippen molar-refractivity contribution in [3.63, 3.8) is 0 Å². The Morgan fingerprint density at radius 1 is 1.67 bits per heavy atom. The van der Waals surface area contributed by atoms with Gasteiger partial charge in [0, 0.05) is 12.7 Å². The molecule has 18 heavy (non-hydrogen) atoms. The first-order chi connectivity index (χ1) is 8.67. The van der Waals surface area contributed by atoms with Gasteiger partial charge in [0.2, 0.25) is 0 Å². The highest BCUT2D eigenvalue weighted by Crippen LogP contribution is 2.24. The summed E-state index contributed by atoms with van der Waals surface area (Å²) in [6.07, 6.45) is 2.29. The van der Waals surface area contributed by atoms with E-state index in [2.05, 4.69) is 4.98 Å². The molecule has 0 aromatic carbocycles. The van der Waals surface area contributed by atoms with Gasteiger partial charge in [0.25, 0.3) is 5.91 Å². The normalized spacial score (nSPS) is 22.8. The summed E-state index contributed by atoms with van der Waals surface area (Å²) >= 11 is 0. The molecule has 1 aromatic rings. The molecule has 5 heteroatoms. The maximum Gasteiger partial charge on any atom is 0.272 e. The Kier molecular flexibility index (Phi) is 3.58. The molecule has 94 valence electrons. The zero-order valence-electron chi connectivity index (χ0n) is 10.2. The van der Waals surface area contributed by atoms with Gasteiger partial charge >= 0.3 is 0 Å². The minimum absolute atomic E-state index is 0.0246. The van der Waals surface area contributed by atoms with Gasteiger partial charge in [-0.15, -0.1) is 0 Å². The molecular formula is C13H15N3O2. The van der Waals surface area contributed by atoms with Crippen LogP contribution in [0.4, 0.5) is 0 Å². The number of rotatable bonds is 2. The Balaban J connectivity index is 2.18. The molecule has 2 atom stereocenters. The highest BCUT2D eigenvalue weighted by atomic mass is 16.3. The topological polar surface area (TPSA) is 77.2 Å². The summed E-state index contributed by atoms with van der Waals surface area (Å²) in [5.41, 5.74) is 0.751. The van der Waals surface area contributed by atoms with Crippen molar-refractivity contribution >= 4 is 5.91 Å². The van der Waals surface area contributed by atoms with Crippen molar-refractivity contribution in [3.8, 4) is 6.07 Å². The first kappa shape index (κ1) is 12.5. The second kappa shape index (κ2) is 5.15. The summed E-state index contributed by atoms with van der Waals surface area (Å²) in [5, 5.41) is 18.0. The van der Waals surface area contributed by atoms with Crippen molar-refractivity contribution in [1.29, 1.82) is 5.26 Å². The first-order valence-corrected chi connectivity index (χ1v) is 5.95. The number of likely N-dealkylation sites (tertiary alicyclic amines) is 1. The molecule has 5 nitrogen and oxygen atoms in total. The van der Waals surface area contributed by atoms with E-state index in [0.29, 0.717) is 23.7 Å². The van der Waals surface area contributed by atoms with Gasteiger partial charge in [-0.2, -0.15) is 5.26 Å². The quantitative estimate of drug-likeness (QED) is 0.835. The van der Waals surface area contributed by atoms with Gasteiger partial charge in [-0.05, 0) is 24.5 Å². The van der Waals surface area contributed by atoms with E-state index in [9.17, 15) is 9.90 Å². The molecule has 2 heterocycles. The molecule has 1 aromatic heterocycles. The van der Waals surface area contributed by atoms with Crippen LogP contribution in [0.25, 0.3) is 0 Å². The predicted octanol–water partition coefficient (Wildman–Crippen LogP) is 0.796. The molecular weight excluding hydrogens is 230 g/mol. The molecule has 1 aliphatic heterocycles. The number of carbonyl (C=O) groups is 1. The Morgan fingerprint density at radius 3 is 3.00 bits per heavy atom. The van der Waals surface area contributed by atoms with Gasteiger partial charge in [0.1, 0.15) is 11.8 Å². The van der Waals surface area contributed by atoms with Crippen LogP contribution in [0, 0.1) is 17.2 Å². The molecule has 1 fully saturated rings. The molecule has 1 N–H and O–H groups in total. The fourth-order valence-corrected chi connectivity index (χ4v) is 2.27. The predicted molar refractivity (Wildman–Crippen MR) is 64.6 cm³/mol. The van der Waals surface area contributed by atoms with Crippen LogP contribution < -0.4 is 0 Å². The Bertz CT molecular complexity index is 478. The molecule has 0 saturated carbocycles. The van der Waals surface area contributed by atoms with E-state index in [1.807, 2.05) is 13.0 Å². The summed E-state index contributed by atoms with van der Waals surface area (Å²) in [5.74, 6) is 0.125. The lowest BCUT2D eigenvalue weighted by atomic mass is 10.0. The van der Waals surface area contributed by atoms with Crippen molar-refractivity contribution in [2.45, 2.75) is 19.4 Å². The zero-order valence-corrected chi connectivity index (χ0v) is 10.2. The second-order valence-electron chi connectivity index (χ2n) is 4.56. The lowest BCUT2D eigenvalue weighted by Gasteiger charge is -2.24. The van der Waals surface area contributed by atoms with Crippen molar-refractivity contribution in [2.24, 2.45) is 5.92 Å². The fourth-order valence-electron chi connectivity index (χ4n) is 2.27. The first-order valence-electron chi connectivity index (χ1n) is 5.95. The number of carbonyl (C=O) groups excluding carboxylic acids is 1. The van der Waals surface area contributed by atoms with Gasteiger partial charge in [0.05, 0.1) is 18.2 Å². The highest BCUT2D eigenvalue weighted by molar-refractivity contribution is 5.92. The van der Waals surface area contributed by atoms with Gasteiger partial charge in [-0.25, -0.2) is 4.98 Å². The minimum atomic E-state index is -0.178. The van der Waals surface area contributed by atoms with Gasteiger partial charge in [-0.3, -0.25) is 4.79 Å². The summed E-state index contributed by atoms with van der Waals surface area (Å²) in [7, 11) is 0. The average Bonchev–Trinajstić information content (AvgIpc) is 2.79. The summed E-state index contributed by atoms with van der Waals surface area (Å²) in [6.45, 7) is 2.65. The number of hydrogen-bond acceptors (Lipinski definition) is 4. The maximum absolute atomic E-state index is 12.2. The zero-order chi connectivity index (χ0) is 13.1. The smallest absolute Gasteiger partial charge is 0.272 e. The average molecular weight is 245 g/mol. The Labute approximate surface area is 106 Å². The molecule has 0 aliphatic carbocycles. The van der Waals surface area contributed by atoms with Crippen LogP contribution in [0.5, 0.6) is 0 Å². The molecule has 0 bridgehead atoms. The van der Waals surface area contributed by atoms with Crippen LogP contribution >= 0.6 is 0 Å². The van der Waals surface area contributed by atoms with Crippen LogP contribution in [0.2, 0.25) is 0 Å². The Hall–Kier alpha value is -1.93. The number of hydrogen-bond donors (Lipinski definition) is 1. The van der Waals surface area contributed by atoms with Gasteiger partial charge < -0.3 is 10.0 Å². The third kappa shape index (κ3) is 2.20. The van der Waals surface area contributed by atoms with E-state index in [1.54, 1.807) is 17.0 Å². The molecule has 1 saturated heterocycles. The summed E-state index contributed by atoms with van der Waals surface area (Å²) in [6, 6.07) is 4.96. The van der Waals surface area contributed by atoms with E-state index in [1.165, 1.54) is 6.20 Å². The molecule has 2 unspecified atom stereocenters. The number of pyridine rings is 1. The second-order valence-corrected chi connectivity index (χ2v) is 4.56. The third-order valence-electron chi connectivity index (χ3n) is 3.44. The maximum atomic E-state index is 12.2. The number of aromatic nitrogens is 1. The summed E-state index contributed by atoms with van der Waals surface area (Å²) in [4.78, 5) is 17.9. The van der Waals surface area contributed by atoms with E-state index < -0.39 is 0 Å².